The van der Waals surface area contributed by atoms with E-state index in [-0.39, 0.29) is 23.4 Å². The van der Waals surface area contributed by atoms with E-state index in [9.17, 15) is 4.79 Å². The van der Waals surface area contributed by atoms with Crippen LogP contribution < -0.4 is 10.6 Å². The maximum absolute atomic E-state index is 12.4. The Balaban J connectivity index is 2.13. The SMILES string of the molecule is CC(NC(=O)C1NCCc2ccccc21)C(C)(C)C. The Morgan fingerprint density at radius 1 is 1.37 bits per heavy atom. The van der Waals surface area contributed by atoms with Crippen LogP contribution in [0.15, 0.2) is 24.3 Å². The summed E-state index contributed by atoms with van der Waals surface area (Å²) in [6.07, 6.45) is 0.995. The largest absolute Gasteiger partial charge is 0.351 e. The first kappa shape index (κ1) is 14.1. The van der Waals surface area contributed by atoms with Gasteiger partial charge in [-0.05, 0) is 29.9 Å². The Morgan fingerprint density at radius 2 is 2.05 bits per heavy atom. The van der Waals surface area contributed by atoms with Gasteiger partial charge in [0.1, 0.15) is 6.04 Å². The van der Waals surface area contributed by atoms with Gasteiger partial charge in [-0.1, -0.05) is 45.0 Å². The molecule has 2 N–H and O–H groups in total. The van der Waals surface area contributed by atoms with Gasteiger partial charge in [-0.3, -0.25) is 4.79 Å². The van der Waals surface area contributed by atoms with Crippen molar-refractivity contribution in [1.29, 1.82) is 0 Å². The van der Waals surface area contributed by atoms with Gasteiger partial charge in [-0.25, -0.2) is 0 Å². The van der Waals surface area contributed by atoms with Crippen molar-refractivity contribution in [3.05, 3.63) is 35.4 Å². The molecule has 2 atom stereocenters. The Labute approximate surface area is 115 Å². The molecule has 2 rings (SSSR count). The number of nitrogens with one attached hydrogen (secondary N) is 2. The third kappa shape index (κ3) is 3.16. The van der Waals surface area contributed by atoms with Crippen molar-refractivity contribution in [2.45, 2.75) is 46.2 Å². The maximum atomic E-state index is 12.4. The third-order valence-corrected chi connectivity index (χ3v) is 4.03. The van der Waals surface area contributed by atoms with Gasteiger partial charge < -0.3 is 10.6 Å². The molecule has 1 aliphatic rings. The number of benzene rings is 1. The average molecular weight is 260 g/mol. The monoisotopic (exact) mass is 260 g/mol. The van der Waals surface area contributed by atoms with Gasteiger partial charge >= 0.3 is 0 Å². The van der Waals surface area contributed by atoms with Crippen molar-refractivity contribution in [3.8, 4) is 0 Å². The zero-order valence-electron chi connectivity index (χ0n) is 12.3. The van der Waals surface area contributed by atoms with E-state index in [2.05, 4.69) is 44.4 Å². The van der Waals surface area contributed by atoms with Crippen LogP contribution in [0.25, 0.3) is 0 Å². The van der Waals surface area contributed by atoms with Crippen LogP contribution in [0.1, 0.15) is 44.9 Å². The van der Waals surface area contributed by atoms with Crippen LogP contribution in [0.4, 0.5) is 0 Å². The highest BCUT2D eigenvalue weighted by atomic mass is 16.2. The molecule has 0 saturated heterocycles. The van der Waals surface area contributed by atoms with E-state index in [1.54, 1.807) is 0 Å². The lowest BCUT2D eigenvalue weighted by atomic mass is 9.87. The minimum absolute atomic E-state index is 0.0733. The molecule has 0 fully saturated rings. The third-order valence-electron chi connectivity index (χ3n) is 4.03. The quantitative estimate of drug-likeness (QED) is 0.857. The van der Waals surface area contributed by atoms with Gasteiger partial charge in [0.2, 0.25) is 5.91 Å². The molecule has 0 bridgehead atoms. The number of carbonyl (C=O) groups is 1. The topological polar surface area (TPSA) is 41.1 Å². The van der Waals surface area contributed by atoms with Crippen LogP contribution in [0.2, 0.25) is 0 Å². The number of carbonyl (C=O) groups excluding carboxylic acids is 1. The van der Waals surface area contributed by atoms with Gasteiger partial charge in [0.15, 0.2) is 0 Å². The highest BCUT2D eigenvalue weighted by Crippen LogP contribution is 2.24. The van der Waals surface area contributed by atoms with Crippen LogP contribution >= 0.6 is 0 Å². The first-order valence-electron chi connectivity index (χ1n) is 7.01. The first-order valence-corrected chi connectivity index (χ1v) is 7.01. The van der Waals surface area contributed by atoms with Gasteiger partial charge in [-0.2, -0.15) is 0 Å². The summed E-state index contributed by atoms with van der Waals surface area (Å²) in [5.41, 5.74) is 2.47. The molecule has 0 saturated carbocycles. The Kier molecular flexibility index (Phi) is 3.95. The minimum atomic E-state index is -0.213. The Hall–Kier alpha value is -1.35. The number of hydrogen-bond donors (Lipinski definition) is 2. The molecule has 1 aromatic carbocycles. The molecular weight excluding hydrogens is 236 g/mol. The fourth-order valence-electron chi connectivity index (χ4n) is 2.25. The van der Waals surface area contributed by atoms with E-state index in [4.69, 9.17) is 0 Å². The molecule has 0 spiro atoms. The lowest BCUT2D eigenvalue weighted by molar-refractivity contribution is -0.124. The van der Waals surface area contributed by atoms with Crippen LogP contribution in [-0.4, -0.2) is 18.5 Å². The lowest BCUT2D eigenvalue weighted by Gasteiger charge is -2.32. The summed E-state index contributed by atoms with van der Waals surface area (Å²) >= 11 is 0. The van der Waals surface area contributed by atoms with E-state index >= 15 is 0 Å². The predicted octanol–water partition coefficient (Wildman–Crippen LogP) is 2.42. The molecule has 1 amide bonds. The smallest absolute Gasteiger partial charge is 0.241 e. The van der Waals surface area contributed by atoms with Crippen molar-refractivity contribution in [3.63, 3.8) is 0 Å². The second-order valence-electron chi connectivity index (χ2n) is 6.43. The van der Waals surface area contributed by atoms with Crippen LogP contribution in [-0.2, 0) is 11.2 Å². The molecule has 104 valence electrons. The summed E-state index contributed by atoms with van der Waals surface area (Å²) in [5, 5.41) is 6.45. The fraction of sp³-hybridized carbons (Fsp3) is 0.562. The van der Waals surface area contributed by atoms with E-state index in [0.29, 0.717) is 0 Å². The van der Waals surface area contributed by atoms with Gasteiger partial charge in [0.05, 0.1) is 0 Å². The molecule has 0 radical (unpaired) electrons. The second kappa shape index (κ2) is 5.33. The average Bonchev–Trinajstić information content (AvgIpc) is 2.36. The molecule has 3 heteroatoms. The number of rotatable bonds is 2. The summed E-state index contributed by atoms with van der Waals surface area (Å²) in [7, 11) is 0. The number of fused-ring (bicyclic) bond motifs is 1. The lowest BCUT2D eigenvalue weighted by Crippen LogP contribution is -2.48. The molecule has 0 aromatic heterocycles. The van der Waals surface area contributed by atoms with Crippen LogP contribution in [0.3, 0.4) is 0 Å². The zero-order chi connectivity index (χ0) is 14.0. The van der Waals surface area contributed by atoms with Crippen molar-refractivity contribution in [2.24, 2.45) is 5.41 Å². The summed E-state index contributed by atoms with van der Waals surface area (Å²) in [4.78, 5) is 12.4. The highest BCUT2D eigenvalue weighted by molar-refractivity contribution is 5.84. The van der Waals surface area contributed by atoms with Crippen LogP contribution in [0.5, 0.6) is 0 Å². The molecule has 0 aliphatic carbocycles. The highest BCUT2D eigenvalue weighted by Gasteiger charge is 2.29. The number of amides is 1. The van der Waals surface area contributed by atoms with Crippen molar-refractivity contribution in [1.82, 2.24) is 10.6 Å². The summed E-state index contributed by atoms with van der Waals surface area (Å²) < 4.78 is 0. The fourth-order valence-corrected chi connectivity index (χ4v) is 2.25. The summed E-state index contributed by atoms with van der Waals surface area (Å²) in [6.45, 7) is 9.34. The number of hydrogen-bond acceptors (Lipinski definition) is 2. The molecule has 1 heterocycles. The Morgan fingerprint density at radius 3 is 2.74 bits per heavy atom. The Bertz CT molecular complexity index is 462. The van der Waals surface area contributed by atoms with Gasteiger partial charge in [0, 0.05) is 12.6 Å². The molecular formula is C16H24N2O. The molecule has 3 nitrogen and oxygen atoms in total. The summed E-state index contributed by atoms with van der Waals surface area (Å²) in [5.74, 6) is 0.0783. The summed E-state index contributed by atoms with van der Waals surface area (Å²) in [6, 6.07) is 8.14. The second-order valence-corrected chi connectivity index (χ2v) is 6.43. The van der Waals surface area contributed by atoms with Gasteiger partial charge in [-0.15, -0.1) is 0 Å². The first-order chi connectivity index (χ1) is 8.89. The standard InChI is InChI=1S/C16H24N2O/c1-11(16(2,3)4)18-15(19)14-13-8-6-5-7-12(13)9-10-17-14/h5-8,11,14,17H,9-10H2,1-4H3,(H,18,19). The molecule has 1 aliphatic heterocycles. The van der Waals surface area contributed by atoms with E-state index in [1.165, 1.54) is 5.56 Å². The predicted molar refractivity (Wildman–Crippen MR) is 77.9 cm³/mol. The van der Waals surface area contributed by atoms with E-state index in [0.717, 1.165) is 18.5 Å². The zero-order valence-corrected chi connectivity index (χ0v) is 12.3. The molecule has 19 heavy (non-hydrogen) atoms. The van der Waals surface area contributed by atoms with Crippen LogP contribution in [0, 0.1) is 5.41 Å². The normalized spacial score (nSPS) is 20.5. The van der Waals surface area contributed by atoms with E-state index in [1.807, 2.05) is 18.2 Å². The molecule has 1 aromatic rings. The molecule has 2 unspecified atom stereocenters. The van der Waals surface area contributed by atoms with Crippen molar-refractivity contribution < 1.29 is 4.79 Å². The van der Waals surface area contributed by atoms with Crippen molar-refractivity contribution in [2.75, 3.05) is 6.54 Å². The maximum Gasteiger partial charge on any atom is 0.241 e. The van der Waals surface area contributed by atoms with Gasteiger partial charge in [0.25, 0.3) is 0 Å². The van der Waals surface area contributed by atoms with E-state index < -0.39 is 0 Å². The van der Waals surface area contributed by atoms with Crippen molar-refractivity contribution >= 4 is 5.91 Å². The minimum Gasteiger partial charge on any atom is -0.351 e.